The zero-order valence-electron chi connectivity index (χ0n) is 20.0. The number of ether oxygens (including phenoxy) is 3. The maximum atomic E-state index is 13.9. The van der Waals surface area contributed by atoms with Crippen LogP contribution in [0, 0.1) is 0 Å². The standard InChI is InChI=1S/C28H21ClN2O5S/c1-3-34-27(33)24-15(2)30-28-31(25(24)19-10-6-8-16-7-4-5-9-18(16)19)26(32)23(37-28)12-17-11-21-22(13-20(17)29)36-14-35-21/h4-13,25H,3,14H2,1-2H3/b23-12+/t25-/m0/s1. The molecular formula is C28H21ClN2O5S. The van der Waals surface area contributed by atoms with Gasteiger partial charge in [-0.2, -0.15) is 0 Å². The quantitative estimate of drug-likeness (QED) is 0.365. The van der Waals surface area contributed by atoms with Crippen molar-refractivity contribution < 1.29 is 19.0 Å². The van der Waals surface area contributed by atoms with E-state index in [0.717, 1.165) is 16.3 Å². The second kappa shape index (κ2) is 9.21. The molecule has 0 unspecified atom stereocenters. The number of nitrogens with zero attached hydrogens (tertiary/aromatic N) is 2. The molecule has 7 nitrogen and oxygen atoms in total. The van der Waals surface area contributed by atoms with E-state index >= 15 is 0 Å². The number of carbonyl (C=O) groups is 1. The van der Waals surface area contributed by atoms with Gasteiger partial charge in [0.25, 0.3) is 5.56 Å². The van der Waals surface area contributed by atoms with Gasteiger partial charge in [-0.15, -0.1) is 0 Å². The molecule has 1 aromatic heterocycles. The van der Waals surface area contributed by atoms with Crippen LogP contribution in [0.3, 0.4) is 0 Å². The number of hydrogen-bond acceptors (Lipinski definition) is 7. The summed E-state index contributed by atoms with van der Waals surface area (Å²) in [5, 5.41) is 2.39. The van der Waals surface area contributed by atoms with Crippen LogP contribution in [0.2, 0.25) is 5.02 Å². The third kappa shape index (κ3) is 3.93. The highest BCUT2D eigenvalue weighted by Gasteiger charge is 2.34. The number of hydrogen-bond donors (Lipinski definition) is 0. The van der Waals surface area contributed by atoms with Crippen LogP contribution in [-0.4, -0.2) is 23.9 Å². The van der Waals surface area contributed by atoms with E-state index < -0.39 is 12.0 Å². The van der Waals surface area contributed by atoms with Crippen molar-refractivity contribution in [3.8, 4) is 11.5 Å². The average molecular weight is 533 g/mol. The normalized spacial score (nSPS) is 16.6. The smallest absolute Gasteiger partial charge is 0.338 e. The molecule has 0 saturated heterocycles. The summed E-state index contributed by atoms with van der Waals surface area (Å²) in [6, 6.07) is 16.5. The minimum Gasteiger partial charge on any atom is -0.463 e. The molecule has 0 spiro atoms. The van der Waals surface area contributed by atoms with Gasteiger partial charge in [0.15, 0.2) is 16.3 Å². The van der Waals surface area contributed by atoms with E-state index in [2.05, 4.69) is 4.99 Å². The van der Waals surface area contributed by atoms with Crippen molar-refractivity contribution in [1.29, 1.82) is 0 Å². The third-order valence-electron chi connectivity index (χ3n) is 6.41. The molecule has 0 fully saturated rings. The minimum absolute atomic E-state index is 0.123. The summed E-state index contributed by atoms with van der Waals surface area (Å²) in [5.41, 5.74) is 2.04. The van der Waals surface area contributed by atoms with Gasteiger partial charge in [0.1, 0.15) is 0 Å². The molecule has 0 bridgehead atoms. The first-order valence-corrected chi connectivity index (χ1v) is 12.9. The van der Waals surface area contributed by atoms with Crippen molar-refractivity contribution in [2.75, 3.05) is 13.4 Å². The molecule has 2 aliphatic heterocycles. The Labute approximate surface area is 220 Å². The summed E-state index contributed by atoms with van der Waals surface area (Å²) in [6.45, 7) is 3.87. The zero-order chi connectivity index (χ0) is 25.7. The van der Waals surface area contributed by atoms with E-state index in [9.17, 15) is 9.59 Å². The number of aromatic nitrogens is 1. The van der Waals surface area contributed by atoms with Gasteiger partial charge >= 0.3 is 5.97 Å². The van der Waals surface area contributed by atoms with E-state index in [4.69, 9.17) is 25.8 Å². The molecule has 6 rings (SSSR count). The number of carbonyl (C=O) groups excluding carboxylic acids is 1. The van der Waals surface area contributed by atoms with Gasteiger partial charge in [-0.3, -0.25) is 9.36 Å². The molecule has 3 aromatic carbocycles. The summed E-state index contributed by atoms with van der Waals surface area (Å²) < 4.78 is 18.3. The Kier molecular flexibility index (Phi) is 5.85. The Morgan fingerprint density at radius 3 is 2.76 bits per heavy atom. The fourth-order valence-electron chi connectivity index (χ4n) is 4.76. The Morgan fingerprint density at radius 1 is 1.19 bits per heavy atom. The summed E-state index contributed by atoms with van der Waals surface area (Å²) in [6.07, 6.45) is 1.72. The van der Waals surface area contributed by atoms with Gasteiger partial charge in [0.2, 0.25) is 6.79 Å². The van der Waals surface area contributed by atoms with Crippen LogP contribution >= 0.6 is 22.9 Å². The van der Waals surface area contributed by atoms with Crippen LogP contribution in [0.4, 0.5) is 0 Å². The predicted octanol–water partition coefficient (Wildman–Crippen LogP) is 4.33. The van der Waals surface area contributed by atoms with E-state index in [1.807, 2.05) is 42.5 Å². The lowest BCUT2D eigenvalue weighted by atomic mass is 9.91. The summed E-state index contributed by atoms with van der Waals surface area (Å²) in [4.78, 5) is 32.3. The van der Waals surface area contributed by atoms with Crippen molar-refractivity contribution >= 4 is 45.8 Å². The average Bonchev–Trinajstić information content (AvgIpc) is 3.46. The molecule has 0 radical (unpaired) electrons. The van der Waals surface area contributed by atoms with Gasteiger partial charge in [-0.1, -0.05) is 65.4 Å². The van der Waals surface area contributed by atoms with Crippen molar-refractivity contribution in [2.24, 2.45) is 4.99 Å². The van der Waals surface area contributed by atoms with Crippen molar-refractivity contribution in [1.82, 2.24) is 4.57 Å². The maximum absolute atomic E-state index is 13.9. The Balaban J connectivity index is 1.60. The first kappa shape index (κ1) is 23.5. The lowest BCUT2D eigenvalue weighted by Gasteiger charge is -2.25. The number of allylic oxidation sites excluding steroid dienone is 1. The molecular weight excluding hydrogens is 512 g/mol. The largest absolute Gasteiger partial charge is 0.463 e. The molecule has 4 aromatic rings. The molecule has 1 atom stereocenters. The van der Waals surface area contributed by atoms with Gasteiger partial charge < -0.3 is 14.2 Å². The second-order valence-corrected chi connectivity index (χ2v) is 10.0. The molecule has 0 N–H and O–H groups in total. The molecule has 3 heterocycles. The lowest BCUT2D eigenvalue weighted by molar-refractivity contribution is -0.139. The predicted molar refractivity (Wildman–Crippen MR) is 142 cm³/mol. The SMILES string of the molecule is CCOC(=O)C1=C(C)N=c2s/c(=C/c3cc4c(cc3Cl)OCO4)c(=O)n2[C@H]1c1cccc2ccccc12. The third-order valence-corrected chi connectivity index (χ3v) is 7.72. The van der Waals surface area contributed by atoms with Crippen LogP contribution in [-0.2, 0) is 9.53 Å². The molecule has 9 heteroatoms. The van der Waals surface area contributed by atoms with Gasteiger partial charge in [-0.05, 0) is 47.9 Å². The molecule has 0 saturated carbocycles. The fourth-order valence-corrected chi connectivity index (χ4v) is 6.01. The molecule has 2 aliphatic rings. The van der Waals surface area contributed by atoms with Crippen LogP contribution in [0.25, 0.3) is 16.8 Å². The van der Waals surface area contributed by atoms with E-state index in [-0.39, 0.29) is 19.0 Å². The van der Waals surface area contributed by atoms with Crippen molar-refractivity contribution in [3.05, 3.63) is 102 Å². The van der Waals surface area contributed by atoms with E-state index in [1.165, 1.54) is 11.3 Å². The van der Waals surface area contributed by atoms with Crippen LogP contribution in [0.1, 0.15) is 31.0 Å². The zero-order valence-corrected chi connectivity index (χ0v) is 21.6. The lowest BCUT2D eigenvalue weighted by Crippen LogP contribution is -2.40. The first-order chi connectivity index (χ1) is 18.0. The van der Waals surface area contributed by atoms with E-state index in [0.29, 0.717) is 42.7 Å². The first-order valence-electron chi connectivity index (χ1n) is 11.7. The van der Waals surface area contributed by atoms with Crippen LogP contribution < -0.4 is 24.4 Å². The number of benzene rings is 3. The van der Waals surface area contributed by atoms with Crippen LogP contribution in [0.5, 0.6) is 11.5 Å². The summed E-state index contributed by atoms with van der Waals surface area (Å²) in [5.74, 6) is 0.640. The minimum atomic E-state index is -0.698. The number of halogens is 1. The molecule has 37 heavy (non-hydrogen) atoms. The number of esters is 1. The Bertz CT molecular complexity index is 1800. The Hall–Kier alpha value is -3.88. The van der Waals surface area contributed by atoms with Crippen molar-refractivity contribution in [3.63, 3.8) is 0 Å². The topological polar surface area (TPSA) is 79.1 Å². The number of rotatable bonds is 4. The summed E-state index contributed by atoms with van der Waals surface area (Å²) in [7, 11) is 0. The Morgan fingerprint density at radius 2 is 1.95 bits per heavy atom. The number of fused-ring (bicyclic) bond motifs is 3. The summed E-state index contributed by atoms with van der Waals surface area (Å²) >= 11 is 7.73. The number of thiazole rings is 1. The van der Waals surface area contributed by atoms with E-state index in [1.54, 1.807) is 36.6 Å². The monoisotopic (exact) mass is 532 g/mol. The van der Waals surface area contributed by atoms with Gasteiger partial charge in [0, 0.05) is 6.07 Å². The highest BCUT2D eigenvalue weighted by Crippen LogP contribution is 2.37. The van der Waals surface area contributed by atoms with Gasteiger partial charge in [-0.25, -0.2) is 9.79 Å². The second-order valence-electron chi connectivity index (χ2n) is 8.60. The molecule has 0 amide bonds. The fraction of sp³-hybridized carbons (Fsp3) is 0.179. The highest BCUT2D eigenvalue weighted by atomic mass is 35.5. The van der Waals surface area contributed by atoms with Crippen LogP contribution in [0.15, 0.2) is 75.7 Å². The molecule has 186 valence electrons. The van der Waals surface area contributed by atoms with Gasteiger partial charge in [0.05, 0.1) is 33.5 Å². The maximum Gasteiger partial charge on any atom is 0.338 e. The molecule has 0 aliphatic carbocycles. The van der Waals surface area contributed by atoms with Crippen molar-refractivity contribution in [2.45, 2.75) is 19.9 Å². The highest BCUT2D eigenvalue weighted by molar-refractivity contribution is 7.07.